The van der Waals surface area contributed by atoms with Gasteiger partial charge >= 0.3 is 0 Å². The molecule has 12 heteroatoms. The molecule has 0 radical (unpaired) electrons. The third kappa shape index (κ3) is 6.93. The Kier molecular flexibility index (Phi) is 9.21. The zero-order valence-corrected chi connectivity index (χ0v) is 25.1. The van der Waals surface area contributed by atoms with Crippen LogP contribution in [-0.2, 0) is 16.0 Å². The maximum atomic E-state index is 13.9. The number of nitrogens with zero attached hydrogens (tertiary/aromatic N) is 3. The number of carbonyl (C=O) groups excluding carboxylic acids is 3. The number of amides is 3. The summed E-state index contributed by atoms with van der Waals surface area (Å²) >= 11 is 0. The Morgan fingerprint density at radius 3 is 1.63 bits per heavy atom. The molecule has 0 fully saturated rings. The van der Waals surface area contributed by atoms with E-state index in [9.17, 15) is 24.8 Å². The molecule has 0 saturated heterocycles. The smallest absolute Gasteiger partial charge is 0.258 e. The zero-order chi connectivity index (χ0) is 33.0. The first-order valence-electron chi connectivity index (χ1n) is 14.3. The fourth-order valence-electron chi connectivity index (χ4n) is 4.91. The molecule has 1 heterocycles. The predicted octanol–water partition coefficient (Wildman–Crippen LogP) is 5.99. The third-order valence-corrected chi connectivity index (χ3v) is 7.23. The SMILES string of the molecule is CC(=O)N(O)C(=N)c1ccc(Oc2cc(Oc3ccc(C(=N)N(O)C(C)=O)cc3)cc(C(=O)N3CCCc4ccccc43)c2)cc1. The Labute approximate surface area is 264 Å². The summed E-state index contributed by atoms with van der Waals surface area (Å²) in [6, 6.07) is 24.9. The van der Waals surface area contributed by atoms with E-state index in [0.29, 0.717) is 23.6 Å². The van der Waals surface area contributed by atoms with Gasteiger partial charge in [-0.05, 0) is 85.1 Å². The van der Waals surface area contributed by atoms with Crippen molar-refractivity contribution in [1.82, 2.24) is 10.1 Å². The Morgan fingerprint density at radius 2 is 1.15 bits per heavy atom. The fourth-order valence-corrected chi connectivity index (χ4v) is 4.91. The molecule has 0 bridgehead atoms. The van der Waals surface area contributed by atoms with Crippen molar-refractivity contribution < 1.29 is 34.3 Å². The highest BCUT2D eigenvalue weighted by Gasteiger charge is 2.25. The number of amidine groups is 2. The predicted molar refractivity (Wildman–Crippen MR) is 168 cm³/mol. The summed E-state index contributed by atoms with van der Waals surface area (Å²) in [5.74, 6) is -1.11. The van der Waals surface area contributed by atoms with E-state index in [1.807, 2.05) is 24.3 Å². The van der Waals surface area contributed by atoms with Crippen molar-refractivity contribution in [1.29, 1.82) is 10.8 Å². The largest absolute Gasteiger partial charge is 0.457 e. The van der Waals surface area contributed by atoms with Crippen LogP contribution >= 0.6 is 0 Å². The summed E-state index contributed by atoms with van der Waals surface area (Å²) < 4.78 is 12.2. The molecule has 12 nitrogen and oxygen atoms in total. The summed E-state index contributed by atoms with van der Waals surface area (Å²) in [7, 11) is 0. The summed E-state index contributed by atoms with van der Waals surface area (Å²) in [6.07, 6.45) is 1.69. The van der Waals surface area contributed by atoms with Crippen molar-refractivity contribution in [3.05, 3.63) is 113 Å². The number of anilines is 1. The Balaban J connectivity index is 1.45. The number of rotatable bonds is 7. The van der Waals surface area contributed by atoms with Crippen LogP contribution in [0.5, 0.6) is 23.0 Å². The van der Waals surface area contributed by atoms with Crippen LogP contribution in [0.15, 0.2) is 91.0 Å². The first-order chi connectivity index (χ1) is 22.0. The van der Waals surface area contributed by atoms with Gasteiger partial charge in [0.15, 0.2) is 11.7 Å². The number of hydroxylamine groups is 4. The highest BCUT2D eigenvalue weighted by Crippen LogP contribution is 2.34. The Morgan fingerprint density at radius 1 is 0.674 bits per heavy atom. The minimum absolute atomic E-state index is 0.241. The van der Waals surface area contributed by atoms with Gasteiger partial charge in [0, 0.05) is 48.8 Å². The van der Waals surface area contributed by atoms with Crippen molar-refractivity contribution in [2.45, 2.75) is 26.7 Å². The molecule has 4 N–H and O–H groups in total. The molecule has 0 aliphatic carbocycles. The molecule has 0 unspecified atom stereocenters. The monoisotopic (exact) mass is 621 g/mol. The van der Waals surface area contributed by atoms with Gasteiger partial charge in [0.2, 0.25) is 11.8 Å². The molecule has 0 aromatic heterocycles. The normalized spacial score (nSPS) is 12.0. The van der Waals surface area contributed by atoms with E-state index < -0.39 is 23.5 Å². The van der Waals surface area contributed by atoms with Crippen LogP contribution in [-0.4, -0.2) is 56.5 Å². The number of aryl methyl sites for hydroxylation is 1. The lowest BCUT2D eigenvalue weighted by atomic mass is 10.0. The molecule has 4 aromatic rings. The summed E-state index contributed by atoms with van der Waals surface area (Å²) in [4.78, 5) is 38.5. The number of benzene rings is 4. The van der Waals surface area contributed by atoms with Gasteiger partial charge in [-0.25, -0.2) is 0 Å². The van der Waals surface area contributed by atoms with E-state index in [-0.39, 0.29) is 38.7 Å². The van der Waals surface area contributed by atoms with Crippen LogP contribution in [0, 0.1) is 10.8 Å². The number of nitrogens with one attached hydrogen (secondary N) is 2. The highest BCUT2D eigenvalue weighted by atomic mass is 16.5. The fraction of sp³-hybridized carbons (Fsp3) is 0.147. The van der Waals surface area contributed by atoms with Gasteiger partial charge in [-0.2, -0.15) is 10.1 Å². The number of fused-ring (bicyclic) bond motifs is 1. The van der Waals surface area contributed by atoms with Crippen LogP contribution in [0.1, 0.15) is 47.3 Å². The molecule has 234 valence electrons. The summed E-state index contributed by atoms with van der Waals surface area (Å²) in [5, 5.41) is 36.1. The van der Waals surface area contributed by atoms with Crippen molar-refractivity contribution >= 4 is 35.1 Å². The average Bonchev–Trinajstić information content (AvgIpc) is 3.06. The molecule has 0 saturated carbocycles. The molecule has 5 rings (SSSR count). The van der Waals surface area contributed by atoms with Gasteiger partial charge < -0.3 is 14.4 Å². The van der Waals surface area contributed by atoms with Gasteiger partial charge in [-0.1, -0.05) is 18.2 Å². The van der Waals surface area contributed by atoms with Gasteiger partial charge in [-0.15, -0.1) is 0 Å². The second-order valence-corrected chi connectivity index (χ2v) is 10.5. The topological polar surface area (TPSA) is 168 Å². The molecule has 46 heavy (non-hydrogen) atoms. The maximum Gasteiger partial charge on any atom is 0.258 e. The minimum Gasteiger partial charge on any atom is -0.457 e. The second-order valence-electron chi connectivity index (χ2n) is 10.5. The summed E-state index contributed by atoms with van der Waals surface area (Å²) in [6.45, 7) is 2.82. The minimum atomic E-state index is -0.699. The molecular formula is C34H31N5O7. The Hall–Kier alpha value is -5.85. The molecule has 1 aliphatic heterocycles. The lowest BCUT2D eigenvalue weighted by molar-refractivity contribution is -0.147. The lowest BCUT2D eigenvalue weighted by Gasteiger charge is -2.29. The van der Waals surface area contributed by atoms with E-state index >= 15 is 0 Å². The molecular weight excluding hydrogens is 590 g/mol. The maximum absolute atomic E-state index is 13.9. The van der Waals surface area contributed by atoms with Gasteiger partial charge in [-0.3, -0.25) is 35.6 Å². The quantitative estimate of drug-likeness (QED) is 0.0851. The van der Waals surface area contributed by atoms with E-state index in [1.54, 1.807) is 47.4 Å². The van der Waals surface area contributed by atoms with E-state index in [2.05, 4.69) is 0 Å². The van der Waals surface area contributed by atoms with Crippen LogP contribution < -0.4 is 14.4 Å². The van der Waals surface area contributed by atoms with Crippen LogP contribution in [0.4, 0.5) is 5.69 Å². The number of hydrogen-bond acceptors (Lipinski definition) is 9. The van der Waals surface area contributed by atoms with Crippen LogP contribution in [0.2, 0.25) is 0 Å². The zero-order valence-electron chi connectivity index (χ0n) is 25.1. The van der Waals surface area contributed by atoms with E-state index in [4.69, 9.17) is 20.3 Å². The lowest BCUT2D eigenvalue weighted by Crippen LogP contribution is -2.35. The van der Waals surface area contributed by atoms with Crippen LogP contribution in [0.3, 0.4) is 0 Å². The highest BCUT2D eigenvalue weighted by molar-refractivity contribution is 6.07. The van der Waals surface area contributed by atoms with Gasteiger partial charge in [0.25, 0.3) is 5.91 Å². The van der Waals surface area contributed by atoms with Gasteiger partial charge in [0.05, 0.1) is 0 Å². The number of hydrogen-bond donors (Lipinski definition) is 4. The number of ether oxygens (including phenoxy) is 2. The van der Waals surface area contributed by atoms with Crippen molar-refractivity contribution in [3.63, 3.8) is 0 Å². The van der Waals surface area contributed by atoms with Crippen LogP contribution in [0.25, 0.3) is 0 Å². The van der Waals surface area contributed by atoms with E-state index in [1.165, 1.54) is 24.3 Å². The van der Waals surface area contributed by atoms with Crippen molar-refractivity contribution in [3.8, 4) is 23.0 Å². The molecule has 0 atom stereocenters. The average molecular weight is 622 g/mol. The number of para-hydroxylation sites is 1. The van der Waals surface area contributed by atoms with Crippen molar-refractivity contribution in [2.75, 3.05) is 11.4 Å². The first kappa shape index (κ1) is 31.6. The first-order valence-corrected chi connectivity index (χ1v) is 14.3. The van der Waals surface area contributed by atoms with Gasteiger partial charge in [0.1, 0.15) is 23.0 Å². The second kappa shape index (κ2) is 13.4. The summed E-state index contributed by atoms with van der Waals surface area (Å²) in [5.41, 5.74) is 2.81. The third-order valence-electron chi connectivity index (χ3n) is 7.23. The molecule has 1 aliphatic rings. The van der Waals surface area contributed by atoms with Crippen molar-refractivity contribution in [2.24, 2.45) is 0 Å². The molecule has 0 spiro atoms. The molecule has 4 aromatic carbocycles. The number of carbonyl (C=O) groups is 3. The Bertz CT molecular complexity index is 1730. The molecule has 3 amide bonds. The van der Waals surface area contributed by atoms with E-state index in [0.717, 1.165) is 37.9 Å². The standard InChI is InChI=1S/C34H31N5O7/c1-21(40)38(43)32(35)24-9-13-27(14-10-24)45-29-18-26(34(42)37-17-5-7-23-6-3-4-8-31(23)37)19-30(20-29)46-28-15-11-25(12-16-28)33(36)39(44)22(2)41/h3-4,6,8-16,18-20,35-36,43-44H,5,7,17H2,1-2H3.